The highest BCUT2D eigenvalue weighted by Gasteiger charge is 2.19. The molecule has 2 rings (SSSR count). The minimum atomic E-state index is -3.72. The Morgan fingerprint density at radius 1 is 1.43 bits per heavy atom. The van der Waals surface area contributed by atoms with Crippen LogP contribution >= 0.6 is 22.0 Å². The summed E-state index contributed by atoms with van der Waals surface area (Å²) in [5.41, 5.74) is 0.472. The lowest BCUT2D eigenvalue weighted by Gasteiger charge is -1.94. The second kappa shape index (κ2) is 3.38. The lowest BCUT2D eigenvalue weighted by molar-refractivity contribution is 0.422. The molecule has 0 bridgehead atoms. The van der Waals surface area contributed by atoms with E-state index in [-0.39, 0.29) is 4.90 Å². The van der Waals surface area contributed by atoms with Crippen LogP contribution in [0.4, 0.5) is 0 Å². The lowest BCUT2D eigenvalue weighted by Crippen LogP contribution is -1.89. The number of rotatable bonds is 2. The van der Waals surface area contributed by atoms with Crippen molar-refractivity contribution >= 4 is 31.1 Å². The van der Waals surface area contributed by atoms with Gasteiger partial charge in [0.05, 0.1) is 4.88 Å². The van der Waals surface area contributed by atoms with Crippen LogP contribution in [0.2, 0.25) is 0 Å². The molecule has 7 heteroatoms. The molecule has 4 nitrogen and oxygen atoms in total. The van der Waals surface area contributed by atoms with Gasteiger partial charge in [-0.05, 0) is 11.4 Å². The molecule has 0 atom stereocenters. The standard InChI is InChI=1S/C7H4ClNO3S2/c8-14(10,11)6-2-4-13-7(6)5-1-3-12-9-5/h1-4H. The van der Waals surface area contributed by atoms with Crippen LogP contribution in [-0.4, -0.2) is 13.6 Å². The van der Waals surface area contributed by atoms with Crippen molar-refractivity contribution in [2.75, 3.05) is 0 Å². The van der Waals surface area contributed by atoms with Gasteiger partial charge in [0.1, 0.15) is 16.9 Å². The Morgan fingerprint density at radius 3 is 2.79 bits per heavy atom. The highest BCUT2D eigenvalue weighted by atomic mass is 35.7. The van der Waals surface area contributed by atoms with Gasteiger partial charge in [-0.1, -0.05) is 5.16 Å². The second-order valence-electron chi connectivity index (χ2n) is 2.44. The van der Waals surface area contributed by atoms with Crippen LogP contribution in [-0.2, 0) is 9.05 Å². The van der Waals surface area contributed by atoms with E-state index >= 15 is 0 Å². The van der Waals surface area contributed by atoms with Gasteiger partial charge >= 0.3 is 0 Å². The van der Waals surface area contributed by atoms with Crippen molar-refractivity contribution in [2.45, 2.75) is 4.90 Å². The van der Waals surface area contributed by atoms with Gasteiger partial charge in [0.25, 0.3) is 9.05 Å². The molecule has 2 aromatic heterocycles. The first-order valence-electron chi connectivity index (χ1n) is 3.52. The molecule has 0 spiro atoms. The Balaban J connectivity index is 2.62. The maximum absolute atomic E-state index is 11.1. The summed E-state index contributed by atoms with van der Waals surface area (Å²) in [5.74, 6) is 0. The number of thiophene rings is 1. The van der Waals surface area contributed by atoms with Crippen LogP contribution in [0.3, 0.4) is 0 Å². The molecule has 2 heterocycles. The first-order chi connectivity index (χ1) is 6.59. The van der Waals surface area contributed by atoms with E-state index in [0.717, 1.165) is 0 Å². The van der Waals surface area contributed by atoms with E-state index in [1.165, 1.54) is 23.7 Å². The second-order valence-corrected chi connectivity index (χ2v) is 5.89. The van der Waals surface area contributed by atoms with Gasteiger partial charge < -0.3 is 4.52 Å². The summed E-state index contributed by atoms with van der Waals surface area (Å²) in [6.07, 6.45) is 1.37. The number of hydrogen-bond donors (Lipinski definition) is 0. The van der Waals surface area contributed by atoms with Crippen molar-refractivity contribution in [3.8, 4) is 10.6 Å². The zero-order chi connectivity index (χ0) is 10.2. The molecule has 0 saturated carbocycles. The van der Waals surface area contributed by atoms with E-state index in [1.807, 2.05) is 0 Å². The summed E-state index contributed by atoms with van der Waals surface area (Å²) in [6, 6.07) is 3.02. The topological polar surface area (TPSA) is 60.2 Å². The molecule has 0 radical (unpaired) electrons. The molecular formula is C7H4ClNO3S2. The van der Waals surface area contributed by atoms with Crippen molar-refractivity contribution in [1.82, 2.24) is 5.16 Å². The zero-order valence-electron chi connectivity index (χ0n) is 6.68. The van der Waals surface area contributed by atoms with Crippen molar-refractivity contribution in [2.24, 2.45) is 0 Å². The molecule has 0 amide bonds. The van der Waals surface area contributed by atoms with E-state index in [0.29, 0.717) is 10.6 Å². The van der Waals surface area contributed by atoms with Crippen LogP contribution in [0.15, 0.2) is 33.2 Å². The fourth-order valence-corrected chi connectivity index (χ4v) is 3.40. The quantitative estimate of drug-likeness (QED) is 0.767. The van der Waals surface area contributed by atoms with Crippen LogP contribution < -0.4 is 0 Å². The summed E-state index contributed by atoms with van der Waals surface area (Å²) in [4.78, 5) is 0.562. The van der Waals surface area contributed by atoms with E-state index in [9.17, 15) is 8.42 Å². The van der Waals surface area contributed by atoms with Crippen molar-refractivity contribution in [1.29, 1.82) is 0 Å². The predicted octanol–water partition coefficient (Wildman–Crippen LogP) is 2.33. The molecule has 0 aliphatic rings. The summed E-state index contributed by atoms with van der Waals surface area (Å²) >= 11 is 1.25. The van der Waals surface area contributed by atoms with E-state index in [4.69, 9.17) is 10.7 Å². The summed E-state index contributed by atoms with van der Waals surface area (Å²) in [7, 11) is 1.53. The van der Waals surface area contributed by atoms with Crippen LogP contribution in [0.1, 0.15) is 0 Å². The van der Waals surface area contributed by atoms with Crippen LogP contribution in [0, 0.1) is 0 Å². The molecular weight excluding hydrogens is 246 g/mol. The molecule has 2 aromatic rings. The van der Waals surface area contributed by atoms with E-state index < -0.39 is 9.05 Å². The highest BCUT2D eigenvalue weighted by Crippen LogP contribution is 2.33. The van der Waals surface area contributed by atoms with Crippen molar-refractivity contribution in [3.63, 3.8) is 0 Å². The third kappa shape index (κ3) is 1.68. The monoisotopic (exact) mass is 249 g/mol. The zero-order valence-corrected chi connectivity index (χ0v) is 9.06. The van der Waals surface area contributed by atoms with Gasteiger partial charge in [0.2, 0.25) is 0 Å². The highest BCUT2D eigenvalue weighted by molar-refractivity contribution is 8.14. The number of aromatic nitrogens is 1. The number of nitrogens with zero attached hydrogens (tertiary/aromatic N) is 1. The number of hydrogen-bond acceptors (Lipinski definition) is 5. The molecule has 0 aliphatic carbocycles. The fraction of sp³-hybridized carbons (Fsp3) is 0. The summed E-state index contributed by atoms with van der Waals surface area (Å²) < 4.78 is 26.9. The summed E-state index contributed by atoms with van der Waals surface area (Å²) in [6.45, 7) is 0. The Kier molecular flexibility index (Phi) is 2.34. The predicted molar refractivity (Wildman–Crippen MR) is 52.9 cm³/mol. The van der Waals surface area contributed by atoms with Gasteiger partial charge in [0.15, 0.2) is 0 Å². The molecule has 74 valence electrons. The van der Waals surface area contributed by atoms with Gasteiger partial charge in [0, 0.05) is 16.7 Å². The molecule has 0 saturated heterocycles. The lowest BCUT2D eigenvalue weighted by atomic mass is 10.3. The molecule has 14 heavy (non-hydrogen) atoms. The van der Waals surface area contributed by atoms with Gasteiger partial charge in [-0.15, -0.1) is 11.3 Å². The third-order valence-corrected chi connectivity index (χ3v) is 3.99. The number of halogens is 1. The average Bonchev–Trinajstić information content (AvgIpc) is 2.73. The van der Waals surface area contributed by atoms with Crippen LogP contribution in [0.25, 0.3) is 10.6 Å². The molecule has 0 fully saturated rings. The molecule has 0 unspecified atom stereocenters. The average molecular weight is 250 g/mol. The normalized spacial score (nSPS) is 11.8. The van der Waals surface area contributed by atoms with Gasteiger partial charge in [-0.3, -0.25) is 0 Å². The first kappa shape index (κ1) is 9.70. The summed E-state index contributed by atoms with van der Waals surface area (Å²) in [5, 5.41) is 5.28. The minimum absolute atomic E-state index is 0.0677. The maximum Gasteiger partial charge on any atom is 0.262 e. The Morgan fingerprint density at radius 2 is 2.21 bits per heavy atom. The van der Waals surface area contributed by atoms with Gasteiger partial charge in [-0.2, -0.15) is 0 Å². The molecule has 0 N–H and O–H groups in total. The third-order valence-electron chi connectivity index (χ3n) is 1.56. The van der Waals surface area contributed by atoms with Crippen molar-refractivity contribution < 1.29 is 12.9 Å². The van der Waals surface area contributed by atoms with Crippen LogP contribution in [0.5, 0.6) is 0 Å². The first-order valence-corrected chi connectivity index (χ1v) is 6.71. The smallest absolute Gasteiger partial charge is 0.262 e. The molecule has 0 aromatic carbocycles. The Labute approximate surface area is 88.5 Å². The maximum atomic E-state index is 11.1. The SMILES string of the molecule is O=S(=O)(Cl)c1ccsc1-c1ccon1. The minimum Gasteiger partial charge on any atom is -0.364 e. The largest absolute Gasteiger partial charge is 0.364 e. The van der Waals surface area contributed by atoms with Crippen molar-refractivity contribution in [3.05, 3.63) is 23.8 Å². The van der Waals surface area contributed by atoms with E-state index in [2.05, 4.69) is 9.68 Å². The Bertz CT molecular complexity index is 529. The Hall–Kier alpha value is -0.850. The molecule has 0 aliphatic heterocycles. The van der Waals surface area contributed by atoms with Gasteiger partial charge in [-0.25, -0.2) is 8.42 Å². The fourth-order valence-electron chi connectivity index (χ4n) is 1.01. The van der Waals surface area contributed by atoms with E-state index in [1.54, 1.807) is 11.4 Å².